The van der Waals surface area contributed by atoms with Gasteiger partial charge in [-0.05, 0) is 36.1 Å². The van der Waals surface area contributed by atoms with Crippen molar-refractivity contribution in [2.45, 2.75) is 20.0 Å². The normalized spacial score (nSPS) is 10.7. The standard InChI is InChI=1S/C29H29N3O3/c1-3-18-31(29(34)30-27-15-9-13-24-12-7-8-14-26(24)27)21-28(33)32(19-23-10-5-4-6-11-23)20-25-17-16-22(2)35-25/h3-17H,1,18-21H2,2H3,(H,30,34). The summed E-state index contributed by atoms with van der Waals surface area (Å²) in [5.41, 5.74) is 1.70. The predicted molar refractivity (Wildman–Crippen MR) is 139 cm³/mol. The van der Waals surface area contributed by atoms with Crippen LogP contribution in [0.15, 0.2) is 102 Å². The Morgan fingerprint density at radius 1 is 0.886 bits per heavy atom. The number of hydrogen-bond acceptors (Lipinski definition) is 3. The molecule has 0 aliphatic carbocycles. The number of furan rings is 1. The molecule has 6 nitrogen and oxygen atoms in total. The quantitative estimate of drug-likeness (QED) is 0.308. The highest BCUT2D eigenvalue weighted by Crippen LogP contribution is 2.23. The average Bonchev–Trinajstić information content (AvgIpc) is 3.28. The van der Waals surface area contributed by atoms with Crippen LogP contribution >= 0.6 is 0 Å². The highest BCUT2D eigenvalue weighted by Gasteiger charge is 2.22. The number of nitrogens with zero attached hydrogens (tertiary/aromatic N) is 2. The maximum atomic E-state index is 13.4. The zero-order valence-electron chi connectivity index (χ0n) is 19.8. The van der Waals surface area contributed by atoms with Gasteiger partial charge in [-0.2, -0.15) is 0 Å². The van der Waals surface area contributed by atoms with Crippen LogP contribution in [0.4, 0.5) is 10.5 Å². The van der Waals surface area contributed by atoms with E-state index in [4.69, 9.17) is 4.42 Å². The summed E-state index contributed by atoms with van der Waals surface area (Å²) in [4.78, 5) is 29.8. The molecule has 1 N–H and O–H groups in total. The second-order valence-electron chi connectivity index (χ2n) is 8.37. The Hall–Kier alpha value is -4.32. The van der Waals surface area contributed by atoms with Crippen molar-refractivity contribution in [3.05, 3.63) is 115 Å². The van der Waals surface area contributed by atoms with E-state index in [9.17, 15) is 9.59 Å². The second-order valence-corrected chi connectivity index (χ2v) is 8.37. The fourth-order valence-corrected chi connectivity index (χ4v) is 3.96. The topological polar surface area (TPSA) is 65.8 Å². The molecule has 0 saturated carbocycles. The van der Waals surface area contributed by atoms with E-state index < -0.39 is 0 Å². The van der Waals surface area contributed by atoms with Crippen LogP contribution in [0, 0.1) is 6.92 Å². The van der Waals surface area contributed by atoms with Crippen LogP contribution in [0.25, 0.3) is 10.8 Å². The molecule has 3 amide bonds. The number of aryl methyl sites for hydroxylation is 1. The molecule has 1 aromatic heterocycles. The lowest BCUT2D eigenvalue weighted by Gasteiger charge is -2.27. The van der Waals surface area contributed by atoms with E-state index in [1.54, 1.807) is 11.0 Å². The summed E-state index contributed by atoms with van der Waals surface area (Å²) in [6, 6.07) is 26.7. The van der Waals surface area contributed by atoms with Crippen molar-refractivity contribution >= 4 is 28.4 Å². The molecule has 0 unspecified atom stereocenters. The third kappa shape index (κ3) is 6.18. The van der Waals surface area contributed by atoms with Gasteiger partial charge < -0.3 is 19.5 Å². The second kappa shape index (κ2) is 11.2. The summed E-state index contributed by atoms with van der Waals surface area (Å²) >= 11 is 0. The van der Waals surface area contributed by atoms with Crippen molar-refractivity contribution < 1.29 is 14.0 Å². The summed E-state index contributed by atoms with van der Waals surface area (Å²) in [7, 11) is 0. The first-order valence-corrected chi connectivity index (χ1v) is 11.5. The number of nitrogens with one attached hydrogen (secondary N) is 1. The molecule has 178 valence electrons. The van der Waals surface area contributed by atoms with Crippen LogP contribution in [-0.2, 0) is 17.9 Å². The van der Waals surface area contributed by atoms with Gasteiger partial charge in [0.2, 0.25) is 5.91 Å². The van der Waals surface area contributed by atoms with E-state index in [0.717, 1.165) is 22.1 Å². The van der Waals surface area contributed by atoms with Gasteiger partial charge in [0.15, 0.2) is 0 Å². The molecule has 6 heteroatoms. The first kappa shape index (κ1) is 23.8. The van der Waals surface area contributed by atoms with Gasteiger partial charge in [0.1, 0.15) is 18.1 Å². The highest BCUT2D eigenvalue weighted by atomic mass is 16.3. The largest absolute Gasteiger partial charge is 0.464 e. The lowest BCUT2D eigenvalue weighted by Crippen LogP contribution is -2.44. The average molecular weight is 468 g/mol. The van der Waals surface area contributed by atoms with Crippen molar-refractivity contribution in [1.82, 2.24) is 9.80 Å². The van der Waals surface area contributed by atoms with E-state index in [-0.39, 0.29) is 25.0 Å². The Morgan fingerprint density at radius 2 is 1.63 bits per heavy atom. The third-order valence-electron chi connectivity index (χ3n) is 5.71. The van der Waals surface area contributed by atoms with E-state index in [1.165, 1.54) is 4.90 Å². The lowest BCUT2D eigenvalue weighted by molar-refractivity contribution is -0.133. The van der Waals surface area contributed by atoms with Gasteiger partial charge >= 0.3 is 6.03 Å². The molecular formula is C29H29N3O3. The van der Waals surface area contributed by atoms with Crippen molar-refractivity contribution in [1.29, 1.82) is 0 Å². The fraction of sp³-hybridized carbons (Fsp3) is 0.172. The first-order chi connectivity index (χ1) is 17.0. The van der Waals surface area contributed by atoms with Crippen LogP contribution in [0.5, 0.6) is 0 Å². The number of carbonyl (C=O) groups excluding carboxylic acids is 2. The van der Waals surface area contributed by atoms with Crippen LogP contribution in [-0.4, -0.2) is 34.8 Å². The molecule has 3 aromatic carbocycles. The smallest absolute Gasteiger partial charge is 0.322 e. The van der Waals surface area contributed by atoms with Gasteiger partial charge in [-0.25, -0.2) is 4.79 Å². The van der Waals surface area contributed by atoms with Crippen LogP contribution in [0.1, 0.15) is 17.1 Å². The summed E-state index contributed by atoms with van der Waals surface area (Å²) < 4.78 is 5.72. The van der Waals surface area contributed by atoms with Gasteiger partial charge in [0.25, 0.3) is 0 Å². The number of hydrogen-bond donors (Lipinski definition) is 1. The first-order valence-electron chi connectivity index (χ1n) is 11.5. The van der Waals surface area contributed by atoms with Crippen molar-refractivity contribution in [2.24, 2.45) is 0 Å². The number of fused-ring (bicyclic) bond motifs is 1. The number of rotatable bonds is 9. The van der Waals surface area contributed by atoms with Crippen molar-refractivity contribution in [2.75, 3.05) is 18.4 Å². The van der Waals surface area contributed by atoms with Crippen molar-refractivity contribution in [3.8, 4) is 0 Å². The van der Waals surface area contributed by atoms with E-state index in [1.807, 2.05) is 91.9 Å². The molecule has 4 rings (SSSR count). The number of carbonyl (C=O) groups is 2. The molecule has 1 heterocycles. The lowest BCUT2D eigenvalue weighted by atomic mass is 10.1. The van der Waals surface area contributed by atoms with Gasteiger partial charge in [-0.3, -0.25) is 4.79 Å². The molecule has 0 saturated heterocycles. The third-order valence-corrected chi connectivity index (χ3v) is 5.71. The van der Waals surface area contributed by atoms with Crippen molar-refractivity contribution in [3.63, 3.8) is 0 Å². The Kier molecular flexibility index (Phi) is 7.63. The maximum absolute atomic E-state index is 13.4. The van der Waals surface area contributed by atoms with Gasteiger partial charge in [-0.1, -0.05) is 72.8 Å². The Bertz CT molecular complexity index is 1310. The monoisotopic (exact) mass is 467 g/mol. The molecular weight excluding hydrogens is 438 g/mol. The molecule has 0 radical (unpaired) electrons. The van der Waals surface area contributed by atoms with Gasteiger partial charge in [0, 0.05) is 18.5 Å². The molecule has 4 aromatic rings. The van der Waals surface area contributed by atoms with E-state index in [2.05, 4.69) is 11.9 Å². The summed E-state index contributed by atoms with van der Waals surface area (Å²) in [5, 5.41) is 4.93. The minimum absolute atomic E-state index is 0.0882. The molecule has 0 atom stereocenters. The van der Waals surface area contributed by atoms with Crippen LogP contribution < -0.4 is 5.32 Å². The van der Waals surface area contributed by atoms with Gasteiger partial charge in [-0.15, -0.1) is 6.58 Å². The summed E-state index contributed by atoms with van der Waals surface area (Å²) in [6.07, 6.45) is 1.62. The Labute approximate surface area is 205 Å². The van der Waals surface area contributed by atoms with Gasteiger partial charge in [0.05, 0.1) is 12.2 Å². The minimum atomic E-state index is -0.358. The molecule has 35 heavy (non-hydrogen) atoms. The molecule has 0 aliphatic heterocycles. The zero-order valence-corrected chi connectivity index (χ0v) is 19.8. The summed E-state index contributed by atoms with van der Waals surface area (Å²) in [6.45, 7) is 6.51. The molecule has 0 aliphatic rings. The van der Waals surface area contributed by atoms with Crippen LogP contribution in [0.3, 0.4) is 0 Å². The SMILES string of the molecule is C=CCN(CC(=O)N(Cc1ccccc1)Cc1ccc(C)o1)C(=O)Nc1cccc2ccccc12. The van der Waals surface area contributed by atoms with Crippen LogP contribution in [0.2, 0.25) is 0 Å². The highest BCUT2D eigenvalue weighted by molar-refractivity contribution is 6.02. The number of amides is 3. The van der Waals surface area contributed by atoms with E-state index in [0.29, 0.717) is 24.5 Å². The minimum Gasteiger partial charge on any atom is -0.464 e. The summed E-state index contributed by atoms with van der Waals surface area (Å²) in [5.74, 6) is 1.30. The predicted octanol–water partition coefficient (Wildman–Crippen LogP) is 5.99. The fourth-order valence-electron chi connectivity index (χ4n) is 3.96. The molecule has 0 spiro atoms. The maximum Gasteiger partial charge on any atom is 0.322 e. The molecule has 0 fully saturated rings. The Balaban J connectivity index is 1.52. The van der Waals surface area contributed by atoms with E-state index >= 15 is 0 Å². The number of anilines is 1. The molecule has 0 bridgehead atoms. The Morgan fingerprint density at radius 3 is 2.37 bits per heavy atom. The number of benzene rings is 3. The zero-order chi connectivity index (χ0) is 24.6. The number of urea groups is 1.